The Morgan fingerprint density at radius 2 is 2.23 bits per heavy atom. The number of hydrogen-bond donors (Lipinski definition) is 3. The Hall–Kier alpha value is -3.35. The molecule has 1 saturated heterocycles. The van der Waals surface area contributed by atoms with Gasteiger partial charge in [-0.15, -0.1) is 0 Å². The van der Waals surface area contributed by atoms with Crippen molar-refractivity contribution in [2.24, 2.45) is 15.7 Å². The van der Waals surface area contributed by atoms with E-state index in [-0.39, 0.29) is 11.9 Å². The molecule has 0 spiro atoms. The second-order valence-electron chi connectivity index (χ2n) is 7.39. The first-order valence-electron chi connectivity index (χ1n) is 10.3. The molecule has 1 aromatic carbocycles. The topological polar surface area (TPSA) is 95.1 Å². The number of carbonyl (C=O) groups is 1. The van der Waals surface area contributed by atoms with Crippen molar-refractivity contribution in [2.45, 2.75) is 32.4 Å². The van der Waals surface area contributed by atoms with Crippen molar-refractivity contribution < 1.29 is 4.79 Å². The van der Waals surface area contributed by atoms with Gasteiger partial charge in [0.1, 0.15) is 12.5 Å². The van der Waals surface area contributed by atoms with Gasteiger partial charge >= 0.3 is 0 Å². The highest BCUT2D eigenvalue weighted by atomic mass is 16.2. The predicted octanol–water partition coefficient (Wildman–Crippen LogP) is 2.10. The highest BCUT2D eigenvalue weighted by molar-refractivity contribution is 6.10. The molecular weight excluding hydrogens is 376 g/mol. The fourth-order valence-corrected chi connectivity index (χ4v) is 3.69. The minimum Gasteiger partial charge on any atom is -0.404 e. The number of nitrogens with zero attached hydrogens (tertiary/aromatic N) is 3. The average Bonchev–Trinajstić information content (AvgIpc) is 2.78. The maximum absolute atomic E-state index is 12.0. The second kappa shape index (κ2) is 10.4. The van der Waals surface area contributed by atoms with Crippen LogP contribution in [0, 0.1) is 0 Å². The monoisotopic (exact) mass is 406 g/mol. The van der Waals surface area contributed by atoms with Crippen molar-refractivity contribution >= 4 is 18.0 Å². The fourth-order valence-electron chi connectivity index (χ4n) is 3.69. The highest BCUT2D eigenvalue weighted by Gasteiger charge is 2.26. The molecule has 0 radical (unpaired) electrons. The lowest BCUT2D eigenvalue weighted by molar-refractivity contribution is -0.127. The summed E-state index contributed by atoms with van der Waals surface area (Å²) in [7, 11) is 0. The molecule has 30 heavy (non-hydrogen) atoms. The van der Waals surface area contributed by atoms with Crippen LogP contribution in [-0.4, -0.2) is 48.7 Å². The van der Waals surface area contributed by atoms with Crippen LogP contribution in [0.5, 0.6) is 0 Å². The van der Waals surface area contributed by atoms with Crippen molar-refractivity contribution in [3.8, 4) is 0 Å². The van der Waals surface area contributed by atoms with Crippen LogP contribution in [-0.2, 0) is 11.3 Å². The molecule has 0 unspecified atom stereocenters. The van der Waals surface area contributed by atoms with Crippen LogP contribution in [0.15, 0.2) is 76.0 Å². The van der Waals surface area contributed by atoms with Gasteiger partial charge in [-0.1, -0.05) is 36.9 Å². The van der Waals surface area contributed by atoms with Crippen molar-refractivity contribution in [1.29, 1.82) is 0 Å². The number of likely N-dealkylation sites (tertiary alicyclic amines) is 1. The van der Waals surface area contributed by atoms with E-state index in [1.54, 1.807) is 12.4 Å². The Kier molecular flexibility index (Phi) is 7.43. The fraction of sp³-hybridized carbons (Fsp3) is 0.348. The van der Waals surface area contributed by atoms with E-state index in [1.807, 2.05) is 42.2 Å². The first kappa shape index (κ1) is 21.4. The van der Waals surface area contributed by atoms with Gasteiger partial charge < -0.3 is 21.3 Å². The van der Waals surface area contributed by atoms with E-state index in [0.29, 0.717) is 19.8 Å². The van der Waals surface area contributed by atoms with Crippen molar-refractivity contribution in [3.63, 3.8) is 0 Å². The Labute approximate surface area is 178 Å². The summed E-state index contributed by atoms with van der Waals surface area (Å²) in [5.74, 6) is 0.753. The summed E-state index contributed by atoms with van der Waals surface area (Å²) >= 11 is 0. The summed E-state index contributed by atoms with van der Waals surface area (Å²) < 4.78 is 0. The number of allylic oxidation sites excluding steroid dienone is 1. The van der Waals surface area contributed by atoms with Crippen LogP contribution in [0.4, 0.5) is 0 Å². The Balaban J connectivity index is 1.72. The van der Waals surface area contributed by atoms with Gasteiger partial charge in [-0.25, -0.2) is 4.99 Å². The third-order valence-electron chi connectivity index (χ3n) is 5.26. The normalized spacial score (nSPS) is 20.0. The molecule has 1 amide bonds. The molecule has 2 aliphatic heterocycles. The molecular formula is C23H30N6O. The minimum absolute atomic E-state index is 0.0312. The van der Waals surface area contributed by atoms with E-state index < -0.39 is 0 Å². The number of benzene rings is 1. The molecule has 0 aliphatic carbocycles. The largest absolute Gasteiger partial charge is 0.404 e. The molecule has 4 N–H and O–H groups in total. The number of amides is 1. The molecule has 0 saturated carbocycles. The van der Waals surface area contributed by atoms with E-state index in [4.69, 9.17) is 5.73 Å². The smallest absolute Gasteiger partial charge is 0.246 e. The van der Waals surface area contributed by atoms with Crippen molar-refractivity contribution in [2.75, 3.05) is 19.8 Å². The zero-order chi connectivity index (χ0) is 21.3. The molecule has 2 heterocycles. The number of hydrogen-bond acceptors (Lipinski definition) is 6. The maximum Gasteiger partial charge on any atom is 0.246 e. The first-order chi connectivity index (χ1) is 14.6. The Morgan fingerprint density at radius 3 is 2.97 bits per heavy atom. The summed E-state index contributed by atoms with van der Waals surface area (Å²) in [5, 5.41) is 6.81. The number of aliphatic imine (C=N–C) groups is 2. The molecule has 0 bridgehead atoms. The molecule has 0 aromatic heterocycles. The zero-order valence-electron chi connectivity index (χ0n) is 17.5. The molecule has 1 atom stereocenters. The molecule has 7 heteroatoms. The van der Waals surface area contributed by atoms with Gasteiger partial charge in [0, 0.05) is 48.4 Å². The van der Waals surface area contributed by atoms with Gasteiger partial charge in [0.2, 0.25) is 5.91 Å². The maximum atomic E-state index is 12.0. The molecule has 3 rings (SSSR count). The highest BCUT2D eigenvalue weighted by Crippen LogP contribution is 2.18. The third-order valence-corrected chi connectivity index (χ3v) is 5.26. The van der Waals surface area contributed by atoms with Gasteiger partial charge in [-0.3, -0.25) is 9.79 Å². The van der Waals surface area contributed by atoms with Crippen LogP contribution in [0.1, 0.15) is 25.3 Å². The van der Waals surface area contributed by atoms with E-state index in [9.17, 15) is 4.79 Å². The number of amidine groups is 1. The summed E-state index contributed by atoms with van der Waals surface area (Å²) in [6, 6.07) is 10.2. The van der Waals surface area contributed by atoms with Gasteiger partial charge in [0.05, 0.1) is 6.54 Å². The van der Waals surface area contributed by atoms with Crippen molar-refractivity contribution in [3.05, 3.63) is 71.6 Å². The predicted molar refractivity (Wildman–Crippen MR) is 122 cm³/mol. The van der Waals surface area contributed by atoms with E-state index in [2.05, 4.69) is 27.2 Å². The summed E-state index contributed by atoms with van der Waals surface area (Å²) in [5.41, 5.74) is 9.80. The van der Waals surface area contributed by atoms with Gasteiger partial charge in [0.25, 0.3) is 0 Å². The van der Waals surface area contributed by atoms with Crippen LogP contribution in [0.25, 0.3) is 0 Å². The lowest BCUT2D eigenvalue weighted by atomic mass is 10.0. The minimum atomic E-state index is -0.0312. The van der Waals surface area contributed by atoms with Crippen LogP contribution in [0.2, 0.25) is 0 Å². The number of nitrogens with one attached hydrogen (secondary N) is 2. The summed E-state index contributed by atoms with van der Waals surface area (Å²) in [6.45, 7) is 8.08. The second-order valence-corrected chi connectivity index (χ2v) is 7.39. The van der Waals surface area contributed by atoms with Gasteiger partial charge in [-0.2, -0.15) is 0 Å². The number of rotatable bonds is 6. The van der Waals surface area contributed by atoms with Crippen LogP contribution in [0.3, 0.4) is 0 Å². The number of nitrogens with two attached hydrogens (primary N) is 1. The Bertz CT molecular complexity index is 884. The molecule has 1 fully saturated rings. The molecule has 1 aromatic rings. The summed E-state index contributed by atoms with van der Waals surface area (Å²) in [4.78, 5) is 23.0. The third kappa shape index (κ3) is 5.37. The van der Waals surface area contributed by atoms with Crippen LogP contribution >= 0.6 is 0 Å². The lowest BCUT2D eigenvalue weighted by Crippen LogP contribution is -2.50. The Morgan fingerprint density at radius 1 is 1.43 bits per heavy atom. The quantitative estimate of drug-likeness (QED) is 0.498. The van der Waals surface area contributed by atoms with E-state index in [0.717, 1.165) is 47.6 Å². The summed E-state index contributed by atoms with van der Waals surface area (Å²) in [6.07, 6.45) is 6.65. The van der Waals surface area contributed by atoms with Crippen LogP contribution < -0.4 is 16.4 Å². The first-order valence-corrected chi connectivity index (χ1v) is 10.3. The standard InChI is InChI=1S/C23H30N6O/c1-3-21(30)29-11-7-10-20(15-29)28-23-22(17(2)26-16-27-23)19(12-24)14-25-13-18-8-5-4-6-9-18/h3-6,8-9,12,14,20,26H,1,7,10-11,13,15-16,24H2,2H3,(H,27,28)/t20-/m1/s1. The number of carbonyl (C=O) groups excluding carboxylic acids is 1. The molecule has 2 aliphatic rings. The lowest BCUT2D eigenvalue weighted by Gasteiger charge is -2.34. The van der Waals surface area contributed by atoms with Gasteiger partial charge in [-0.05, 0) is 31.4 Å². The van der Waals surface area contributed by atoms with Gasteiger partial charge in [0.15, 0.2) is 0 Å². The van der Waals surface area contributed by atoms with Crippen molar-refractivity contribution in [1.82, 2.24) is 15.5 Å². The SMILES string of the molecule is C=CC(=O)N1CCC[C@@H](NC2=NCNC(C)=C2C(C=NCc2ccccc2)=CN)C1. The number of piperidine rings is 1. The van der Waals surface area contributed by atoms with E-state index in [1.165, 1.54) is 6.08 Å². The van der Waals surface area contributed by atoms with E-state index >= 15 is 0 Å². The molecule has 7 nitrogen and oxygen atoms in total. The average molecular weight is 407 g/mol. The zero-order valence-corrected chi connectivity index (χ0v) is 17.5. The molecule has 158 valence electrons.